The number of aromatic nitrogens is 4. The summed E-state index contributed by atoms with van der Waals surface area (Å²) in [5.41, 5.74) is 3.88. The first-order valence-electron chi connectivity index (χ1n) is 19.6. The fourth-order valence-electron chi connectivity index (χ4n) is 6.55. The number of fused-ring (bicyclic) bond motifs is 6. The number of benzene rings is 7. The predicted octanol–water partition coefficient (Wildman–Crippen LogP) is 12.0. The number of nitrogens with zero attached hydrogens (tertiary/aromatic N) is 4. The van der Waals surface area contributed by atoms with Crippen LogP contribution in [-0.2, 0) is 0 Å². The van der Waals surface area contributed by atoms with Crippen molar-refractivity contribution in [2.24, 2.45) is 0 Å². The van der Waals surface area contributed by atoms with E-state index in [0.717, 1.165) is 31.3 Å². The molecule has 7 aromatic carbocycles. The molecule has 0 bridgehead atoms. The zero-order valence-corrected chi connectivity index (χ0v) is 27.1. The topological polar surface area (TPSA) is 43.6 Å². The molecule has 10 aromatic rings. The van der Waals surface area contributed by atoms with E-state index in [-0.39, 0.29) is 57.6 Å². The maximum absolute atomic E-state index is 9.74. The SMILES string of the molecule is [2H]c1c([2H])c([2H])c2c(c1[2H])c1c([2H])c([2H])c(-c3ccccc3)c([2H])c1n2-c1cc(-c2nc(-c3ccccc3)nc(-c3ccccc3)n2)c2sc3ccccc3c2c1. The van der Waals surface area contributed by atoms with Gasteiger partial charge in [-0.2, -0.15) is 0 Å². The lowest BCUT2D eigenvalue weighted by atomic mass is 10.0. The summed E-state index contributed by atoms with van der Waals surface area (Å²) in [5.74, 6) is 1.36. The third kappa shape index (κ3) is 4.71. The highest BCUT2D eigenvalue weighted by molar-refractivity contribution is 7.26. The molecule has 0 saturated carbocycles. The molecule has 234 valence electrons. The van der Waals surface area contributed by atoms with E-state index in [4.69, 9.17) is 20.4 Å². The molecule has 0 aliphatic rings. The van der Waals surface area contributed by atoms with Crippen LogP contribution in [0.1, 0.15) is 9.60 Å². The average molecular weight is 664 g/mol. The Balaban J connectivity index is 1.39. The molecule has 0 N–H and O–H groups in total. The summed E-state index contributed by atoms with van der Waals surface area (Å²) >= 11 is 1.59. The van der Waals surface area contributed by atoms with Crippen molar-refractivity contribution in [2.75, 3.05) is 0 Å². The van der Waals surface area contributed by atoms with Crippen LogP contribution in [0.3, 0.4) is 0 Å². The third-order valence-corrected chi connectivity index (χ3v) is 10.1. The fraction of sp³-hybridized carbons (Fsp3) is 0. The molecule has 5 heteroatoms. The monoisotopic (exact) mass is 663 g/mol. The summed E-state index contributed by atoms with van der Waals surface area (Å²) < 4.78 is 67.6. The number of hydrogen-bond acceptors (Lipinski definition) is 4. The van der Waals surface area contributed by atoms with E-state index in [1.807, 2.05) is 109 Å². The Hall–Kier alpha value is -6.43. The predicted molar refractivity (Wildman–Crippen MR) is 209 cm³/mol. The minimum Gasteiger partial charge on any atom is -0.309 e. The molecule has 0 aliphatic heterocycles. The maximum atomic E-state index is 9.74. The Bertz CT molecular complexity index is 3200. The van der Waals surface area contributed by atoms with Gasteiger partial charge in [-0.25, -0.2) is 15.0 Å². The van der Waals surface area contributed by atoms with Gasteiger partial charge in [0.2, 0.25) is 0 Å². The van der Waals surface area contributed by atoms with Crippen LogP contribution in [0.15, 0.2) is 170 Å². The molecule has 4 nitrogen and oxygen atoms in total. The van der Waals surface area contributed by atoms with Crippen molar-refractivity contribution in [3.05, 3.63) is 170 Å². The molecule has 0 aliphatic carbocycles. The molecular formula is C45H28N4S. The Labute approximate surface area is 302 Å². The van der Waals surface area contributed by atoms with Crippen LogP contribution in [0.4, 0.5) is 0 Å². The first kappa shape index (κ1) is 22.3. The quantitative estimate of drug-likeness (QED) is 0.184. The summed E-state index contributed by atoms with van der Waals surface area (Å²) in [5, 5.41) is 2.02. The summed E-state index contributed by atoms with van der Waals surface area (Å²) in [6.45, 7) is 0. The molecule has 50 heavy (non-hydrogen) atoms. The van der Waals surface area contributed by atoms with E-state index in [1.54, 1.807) is 28.0 Å². The molecular weight excluding hydrogens is 629 g/mol. The smallest absolute Gasteiger partial charge is 0.165 e. The lowest BCUT2D eigenvalue weighted by molar-refractivity contribution is 1.07. The van der Waals surface area contributed by atoms with Gasteiger partial charge in [-0.05, 0) is 41.4 Å². The molecule has 3 heterocycles. The van der Waals surface area contributed by atoms with Crippen LogP contribution in [-0.4, -0.2) is 19.5 Å². The van der Waals surface area contributed by atoms with Crippen molar-refractivity contribution in [1.29, 1.82) is 0 Å². The van der Waals surface area contributed by atoms with Crippen molar-refractivity contribution >= 4 is 53.3 Å². The summed E-state index contributed by atoms with van der Waals surface area (Å²) in [6.07, 6.45) is 0. The van der Waals surface area contributed by atoms with Crippen molar-refractivity contribution in [2.45, 2.75) is 0 Å². The number of hydrogen-bond donors (Lipinski definition) is 0. The molecule has 0 atom stereocenters. The fourth-order valence-corrected chi connectivity index (χ4v) is 7.75. The molecule has 10 rings (SSSR count). The Kier molecular flexibility index (Phi) is 5.17. The summed E-state index contributed by atoms with van der Waals surface area (Å²) in [6, 6.07) is 38.3. The second kappa shape index (κ2) is 11.6. The normalized spacial score (nSPS) is 13.6. The summed E-state index contributed by atoms with van der Waals surface area (Å²) in [7, 11) is 0. The zero-order valence-electron chi connectivity index (χ0n) is 33.3. The lowest BCUT2D eigenvalue weighted by Crippen LogP contribution is -2.01. The molecule has 3 aromatic heterocycles. The van der Waals surface area contributed by atoms with E-state index >= 15 is 0 Å². The van der Waals surface area contributed by atoms with Gasteiger partial charge in [0.1, 0.15) is 0 Å². The minimum absolute atomic E-state index is 0.0695. The second-order valence-electron chi connectivity index (χ2n) is 11.9. The standard InChI is InChI=1S/C45H28N4S/c1-4-14-29(15-5-1)32-24-25-35-34-20-10-12-22-39(34)49(40(35)26-32)33-27-37-36-21-11-13-23-41(36)50-42(37)38(28-33)45-47-43(30-16-6-2-7-17-30)46-44(48-45)31-18-8-3-9-19-31/h1-28H/i10D,12D,20D,22D,24D,25D,26D. The van der Waals surface area contributed by atoms with Crippen LogP contribution in [0.5, 0.6) is 0 Å². The van der Waals surface area contributed by atoms with Gasteiger partial charge in [-0.1, -0.05) is 139 Å². The van der Waals surface area contributed by atoms with E-state index in [2.05, 4.69) is 6.07 Å². The zero-order chi connectivity index (χ0) is 39.1. The minimum atomic E-state index is -0.455. The van der Waals surface area contributed by atoms with Gasteiger partial charge in [0, 0.05) is 53.3 Å². The van der Waals surface area contributed by atoms with Crippen LogP contribution in [0, 0.1) is 0 Å². The Morgan fingerprint density at radius 3 is 1.80 bits per heavy atom. The van der Waals surface area contributed by atoms with Crippen LogP contribution in [0.2, 0.25) is 0 Å². The second-order valence-corrected chi connectivity index (χ2v) is 13.0. The van der Waals surface area contributed by atoms with Gasteiger partial charge in [0.25, 0.3) is 0 Å². The van der Waals surface area contributed by atoms with Crippen molar-refractivity contribution in [1.82, 2.24) is 19.5 Å². The van der Waals surface area contributed by atoms with Crippen molar-refractivity contribution in [3.8, 4) is 51.0 Å². The highest BCUT2D eigenvalue weighted by atomic mass is 32.1. The van der Waals surface area contributed by atoms with E-state index in [9.17, 15) is 4.11 Å². The molecule has 0 unspecified atom stereocenters. The molecule has 0 fully saturated rings. The molecule has 0 saturated heterocycles. The van der Waals surface area contributed by atoms with Crippen molar-refractivity contribution < 1.29 is 9.60 Å². The molecule has 0 radical (unpaired) electrons. The Morgan fingerprint density at radius 2 is 1.08 bits per heavy atom. The van der Waals surface area contributed by atoms with E-state index in [1.165, 1.54) is 0 Å². The first-order valence-corrected chi connectivity index (χ1v) is 17.0. The lowest BCUT2D eigenvalue weighted by Gasteiger charge is -2.13. The molecule has 0 amide bonds. The van der Waals surface area contributed by atoms with Crippen molar-refractivity contribution in [3.63, 3.8) is 0 Å². The van der Waals surface area contributed by atoms with Gasteiger partial charge < -0.3 is 4.57 Å². The van der Waals surface area contributed by atoms with Gasteiger partial charge in [-0.15, -0.1) is 11.3 Å². The molecule has 0 spiro atoms. The average Bonchev–Trinajstić information content (AvgIpc) is 3.82. The largest absolute Gasteiger partial charge is 0.309 e. The number of para-hydroxylation sites is 1. The van der Waals surface area contributed by atoms with Crippen LogP contribution in [0.25, 0.3) is 93.0 Å². The highest BCUT2D eigenvalue weighted by Crippen LogP contribution is 2.43. The maximum Gasteiger partial charge on any atom is 0.165 e. The Morgan fingerprint density at radius 1 is 0.480 bits per heavy atom. The van der Waals surface area contributed by atoms with Gasteiger partial charge in [0.15, 0.2) is 17.5 Å². The van der Waals surface area contributed by atoms with Gasteiger partial charge >= 0.3 is 0 Å². The van der Waals surface area contributed by atoms with E-state index in [0.29, 0.717) is 34.3 Å². The van der Waals surface area contributed by atoms with E-state index < -0.39 is 12.1 Å². The van der Waals surface area contributed by atoms with Crippen LogP contribution < -0.4 is 0 Å². The number of thiophene rings is 1. The van der Waals surface area contributed by atoms with Crippen LogP contribution >= 0.6 is 11.3 Å². The highest BCUT2D eigenvalue weighted by Gasteiger charge is 2.20. The number of rotatable bonds is 5. The third-order valence-electron chi connectivity index (χ3n) is 8.88. The van der Waals surface area contributed by atoms with Gasteiger partial charge in [0.05, 0.1) is 20.6 Å². The van der Waals surface area contributed by atoms with Gasteiger partial charge in [-0.3, -0.25) is 0 Å². The summed E-state index contributed by atoms with van der Waals surface area (Å²) in [4.78, 5) is 15.1. The first-order chi connectivity index (χ1) is 27.7.